The van der Waals surface area contributed by atoms with Crippen molar-refractivity contribution in [3.63, 3.8) is 0 Å². The monoisotopic (exact) mass is 652 g/mol. The Kier molecular flexibility index (Phi) is 10.0. The lowest BCUT2D eigenvalue weighted by Gasteiger charge is -2.26. The van der Waals surface area contributed by atoms with Crippen molar-refractivity contribution in [2.45, 2.75) is 65.1 Å². The molecule has 0 spiro atoms. The molecule has 2 N–H and O–H groups in total. The van der Waals surface area contributed by atoms with Gasteiger partial charge in [0.1, 0.15) is 18.3 Å². The average molecular weight is 653 g/mol. The Morgan fingerprint density at radius 1 is 1.11 bits per heavy atom. The number of benzene rings is 3. The van der Waals surface area contributed by atoms with Gasteiger partial charge in [-0.05, 0) is 79.6 Å². The summed E-state index contributed by atoms with van der Waals surface area (Å²) in [5, 5.41) is 18.6. The fourth-order valence-corrected chi connectivity index (χ4v) is 6.00. The van der Waals surface area contributed by atoms with Crippen molar-refractivity contribution in [1.29, 1.82) is 0 Å². The summed E-state index contributed by atoms with van der Waals surface area (Å²) in [6.45, 7) is 8.12. The topological polar surface area (TPSA) is 105 Å². The van der Waals surface area contributed by atoms with E-state index in [0.29, 0.717) is 35.3 Å². The van der Waals surface area contributed by atoms with Gasteiger partial charge in [-0.15, -0.1) is 18.3 Å². The molecule has 242 valence electrons. The molecule has 1 saturated heterocycles. The highest BCUT2D eigenvalue weighted by atomic mass is 32.2. The first-order valence-corrected chi connectivity index (χ1v) is 15.8. The lowest BCUT2D eigenvalue weighted by atomic mass is 9.98. The van der Waals surface area contributed by atoms with Gasteiger partial charge in [0.15, 0.2) is 11.0 Å². The molecule has 0 bridgehead atoms. The molecule has 3 aromatic carbocycles. The minimum absolute atomic E-state index is 0.142. The molecule has 1 aromatic heterocycles. The normalized spacial score (nSPS) is 16.7. The van der Waals surface area contributed by atoms with Crippen LogP contribution in [-0.2, 0) is 6.42 Å². The molecule has 9 nitrogen and oxygen atoms in total. The molecule has 2 unspecified atom stereocenters. The van der Waals surface area contributed by atoms with Crippen LogP contribution in [0.3, 0.4) is 0 Å². The summed E-state index contributed by atoms with van der Waals surface area (Å²) < 4.78 is 42.6. The summed E-state index contributed by atoms with van der Waals surface area (Å²) in [6.07, 6.45) is -2.63. The van der Waals surface area contributed by atoms with Crippen LogP contribution in [0.15, 0.2) is 78.0 Å². The molecule has 1 aliphatic rings. The number of ether oxygens (including phenoxy) is 1. The largest absolute Gasteiger partial charge is 0.573 e. The summed E-state index contributed by atoms with van der Waals surface area (Å²) in [7, 11) is 0. The number of hydrogen-bond acceptors (Lipinski definition) is 6. The Labute approximate surface area is 269 Å². The minimum atomic E-state index is -4.75. The molecule has 46 heavy (non-hydrogen) atoms. The number of aryl methyl sites for hydroxylation is 2. The highest BCUT2D eigenvalue weighted by Gasteiger charge is 2.33. The maximum absolute atomic E-state index is 12.9. The van der Waals surface area contributed by atoms with Crippen molar-refractivity contribution in [3.05, 3.63) is 89.7 Å². The molecule has 2 heterocycles. The SMILES string of the molecule is Cc1ccc(C(C)C)c(N2C(=NC(=O)NC(C)CCc3ccc(-c4ncn(-c5ccc(OC(F)(F)F)cc5)n4)cc3)SCC2O)c1. The van der Waals surface area contributed by atoms with Gasteiger partial charge in [0, 0.05) is 23.0 Å². The second kappa shape index (κ2) is 14.0. The number of aliphatic hydroxyl groups is 1. The number of aliphatic imine (C=N–C) groups is 1. The van der Waals surface area contributed by atoms with E-state index in [1.165, 1.54) is 47.0 Å². The molecule has 0 saturated carbocycles. The fraction of sp³-hybridized carbons (Fsp3) is 0.333. The van der Waals surface area contributed by atoms with Gasteiger partial charge < -0.3 is 15.2 Å². The number of urea groups is 1. The fourth-order valence-electron chi connectivity index (χ4n) is 5.05. The number of amides is 2. The molecule has 0 aliphatic carbocycles. The number of carbonyl (C=O) groups excluding carboxylic acids is 1. The van der Waals surface area contributed by atoms with Crippen LogP contribution in [0.4, 0.5) is 23.7 Å². The van der Waals surface area contributed by atoms with E-state index in [9.17, 15) is 23.1 Å². The van der Waals surface area contributed by atoms with E-state index < -0.39 is 18.6 Å². The van der Waals surface area contributed by atoms with Crippen molar-refractivity contribution >= 4 is 28.6 Å². The predicted octanol–water partition coefficient (Wildman–Crippen LogP) is 7.22. The Bertz CT molecular complexity index is 1690. The highest BCUT2D eigenvalue weighted by molar-refractivity contribution is 8.14. The number of carbonyl (C=O) groups is 1. The lowest BCUT2D eigenvalue weighted by molar-refractivity contribution is -0.274. The molecular formula is C33H35F3N6O3S. The van der Waals surface area contributed by atoms with E-state index in [1.807, 2.05) is 50.2 Å². The standard InChI is InChI=1S/C33H35F3N6O3S/c1-20(2)27-16-5-21(3)17-28(27)42-29(43)18-46-32(42)39-31(44)38-22(4)6-7-23-8-10-24(11-9-23)30-37-19-41(40-30)25-12-14-26(15-13-25)45-33(34,35)36/h5,8-17,19-20,22,29,43H,6-7,18H2,1-4H3,(H,38,44). The number of anilines is 1. The Morgan fingerprint density at radius 2 is 1.83 bits per heavy atom. The van der Waals surface area contributed by atoms with Gasteiger partial charge in [-0.2, -0.15) is 4.99 Å². The summed E-state index contributed by atoms with van der Waals surface area (Å²) in [5.74, 6) is 0.818. The van der Waals surface area contributed by atoms with Crippen molar-refractivity contribution in [2.75, 3.05) is 10.7 Å². The molecule has 1 fully saturated rings. The van der Waals surface area contributed by atoms with Crippen molar-refractivity contribution in [2.24, 2.45) is 4.99 Å². The molecule has 0 radical (unpaired) electrons. The third kappa shape index (κ3) is 8.26. The van der Waals surface area contributed by atoms with Crippen molar-refractivity contribution in [1.82, 2.24) is 20.1 Å². The Hall–Kier alpha value is -4.36. The quantitative estimate of drug-likeness (QED) is 0.197. The number of aliphatic hydroxyl groups excluding tert-OH is 1. The van der Waals surface area contributed by atoms with E-state index in [-0.39, 0.29) is 17.7 Å². The molecule has 13 heteroatoms. The number of rotatable bonds is 9. The first-order valence-electron chi connectivity index (χ1n) is 14.8. The van der Waals surface area contributed by atoms with Gasteiger partial charge in [0.2, 0.25) is 0 Å². The molecule has 5 rings (SSSR count). The van der Waals surface area contributed by atoms with Gasteiger partial charge >= 0.3 is 12.4 Å². The first kappa shape index (κ1) is 33.0. The number of nitrogens with zero attached hydrogens (tertiary/aromatic N) is 5. The molecular weight excluding hydrogens is 617 g/mol. The van der Waals surface area contributed by atoms with Crippen LogP contribution in [0.1, 0.15) is 49.8 Å². The smallest absolute Gasteiger partial charge is 0.406 e. The van der Waals surface area contributed by atoms with Gasteiger partial charge in [-0.25, -0.2) is 14.5 Å². The molecule has 1 aliphatic heterocycles. The highest BCUT2D eigenvalue weighted by Crippen LogP contribution is 2.35. The summed E-state index contributed by atoms with van der Waals surface area (Å²) in [5.41, 5.74) is 5.40. The number of nitrogens with one attached hydrogen (secondary N) is 1. The van der Waals surface area contributed by atoms with Crippen LogP contribution in [0.5, 0.6) is 5.75 Å². The number of alkyl halides is 3. The van der Waals surface area contributed by atoms with Gasteiger partial charge in [-0.3, -0.25) is 4.90 Å². The third-order valence-corrected chi connectivity index (χ3v) is 8.42. The Balaban J connectivity index is 1.16. The third-order valence-electron chi connectivity index (χ3n) is 7.41. The second-order valence-electron chi connectivity index (χ2n) is 11.4. The average Bonchev–Trinajstić information content (AvgIpc) is 3.63. The van der Waals surface area contributed by atoms with E-state index in [4.69, 9.17) is 0 Å². The van der Waals surface area contributed by atoms with Crippen LogP contribution >= 0.6 is 11.8 Å². The summed E-state index contributed by atoms with van der Waals surface area (Å²) in [4.78, 5) is 23.3. The lowest BCUT2D eigenvalue weighted by Crippen LogP contribution is -2.37. The first-order chi connectivity index (χ1) is 21.9. The van der Waals surface area contributed by atoms with E-state index in [0.717, 1.165) is 27.9 Å². The second-order valence-corrected chi connectivity index (χ2v) is 12.4. The maximum atomic E-state index is 12.9. The van der Waals surface area contributed by atoms with Gasteiger partial charge in [0.25, 0.3) is 0 Å². The van der Waals surface area contributed by atoms with E-state index in [2.05, 4.69) is 45.0 Å². The summed E-state index contributed by atoms with van der Waals surface area (Å²) >= 11 is 1.36. The number of halogens is 3. The van der Waals surface area contributed by atoms with Crippen LogP contribution < -0.4 is 15.0 Å². The molecule has 2 amide bonds. The van der Waals surface area contributed by atoms with Crippen LogP contribution in [0.25, 0.3) is 17.1 Å². The zero-order valence-electron chi connectivity index (χ0n) is 25.8. The van der Waals surface area contributed by atoms with Crippen LogP contribution in [0.2, 0.25) is 0 Å². The Morgan fingerprint density at radius 3 is 2.50 bits per heavy atom. The zero-order valence-corrected chi connectivity index (χ0v) is 26.6. The number of aromatic nitrogens is 3. The van der Waals surface area contributed by atoms with Crippen LogP contribution in [0, 0.1) is 6.92 Å². The zero-order chi connectivity index (χ0) is 33.0. The van der Waals surface area contributed by atoms with E-state index in [1.54, 1.807) is 4.90 Å². The maximum Gasteiger partial charge on any atom is 0.573 e. The minimum Gasteiger partial charge on any atom is -0.406 e. The van der Waals surface area contributed by atoms with Gasteiger partial charge in [0.05, 0.1) is 5.69 Å². The number of amidine groups is 1. The van der Waals surface area contributed by atoms with Crippen molar-refractivity contribution < 1.29 is 27.8 Å². The summed E-state index contributed by atoms with van der Waals surface area (Å²) in [6, 6.07) is 18.6. The number of thioether (sulfide) groups is 1. The van der Waals surface area contributed by atoms with Gasteiger partial charge in [-0.1, -0.05) is 62.0 Å². The number of hydrogen-bond donors (Lipinski definition) is 2. The van der Waals surface area contributed by atoms with Crippen molar-refractivity contribution in [3.8, 4) is 22.8 Å². The van der Waals surface area contributed by atoms with Crippen LogP contribution in [-0.4, -0.2) is 55.5 Å². The van der Waals surface area contributed by atoms with E-state index >= 15 is 0 Å². The predicted molar refractivity (Wildman–Crippen MR) is 173 cm³/mol. The molecule has 2 atom stereocenters. The molecule has 4 aromatic rings.